The highest BCUT2D eigenvalue weighted by atomic mass is 16.5. The molecule has 3 unspecified atom stereocenters. The van der Waals surface area contributed by atoms with Gasteiger partial charge in [0.05, 0.1) is 6.10 Å². The van der Waals surface area contributed by atoms with Gasteiger partial charge in [0.15, 0.2) is 0 Å². The molecule has 3 nitrogen and oxygen atoms in total. The summed E-state index contributed by atoms with van der Waals surface area (Å²) in [5, 5.41) is 3.41. The van der Waals surface area contributed by atoms with E-state index >= 15 is 0 Å². The van der Waals surface area contributed by atoms with E-state index < -0.39 is 0 Å². The summed E-state index contributed by atoms with van der Waals surface area (Å²) in [5.41, 5.74) is 2.57. The number of benzene rings is 1. The Labute approximate surface area is 108 Å². The van der Waals surface area contributed by atoms with Crippen molar-refractivity contribution in [3.8, 4) is 5.75 Å². The van der Waals surface area contributed by atoms with Gasteiger partial charge < -0.3 is 14.8 Å². The molecular weight excluding hydrogens is 226 g/mol. The number of rotatable bonds is 2. The third kappa shape index (κ3) is 2.13. The average molecular weight is 247 g/mol. The Morgan fingerprint density at radius 1 is 1.28 bits per heavy atom. The molecule has 3 heteroatoms. The Kier molecular flexibility index (Phi) is 3.27. The van der Waals surface area contributed by atoms with Crippen molar-refractivity contribution in [1.82, 2.24) is 5.32 Å². The van der Waals surface area contributed by atoms with Crippen molar-refractivity contribution in [3.63, 3.8) is 0 Å². The fourth-order valence-electron chi connectivity index (χ4n) is 3.01. The Bertz CT molecular complexity index is 427. The van der Waals surface area contributed by atoms with Crippen molar-refractivity contribution in [3.05, 3.63) is 29.3 Å². The predicted molar refractivity (Wildman–Crippen MR) is 71.0 cm³/mol. The Hall–Kier alpha value is -1.06. The van der Waals surface area contributed by atoms with Gasteiger partial charge in [0.25, 0.3) is 0 Å². The summed E-state index contributed by atoms with van der Waals surface area (Å²) >= 11 is 0. The number of hydrogen-bond donors (Lipinski definition) is 1. The lowest BCUT2D eigenvalue weighted by atomic mass is 9.92. The third-order valence-electron chi connectivity index (χ3n) is 4.02. The van der Waals surface area contributed by atoms with E-state index in [1.807, 2.05) is 7.05 Å². The summed E-state index contributed by atoms with van der Waals surface area (Å²) in [6, 6.07) is 6.81. The molecule has 0 amide bonds. The van der Waals surface area contributed by atoms with Gasteiger partial charge in [-0.3, -0.25) is 0 Å². The van der Waals surface area contributed by atoms with Crippen LogP contribution in [0.2, 0.25) is 0 Å². The molecule has 0 spiro atoms. The lowest BCUT2D eigenvalue weighted by Crippen LogP contribution is -2.39. The first kappa shape index (κ1) is 12.0. The molecule has 1 aromatic carbocycles. The second kappa shape index (κ2) is 4.90. The van der Waals surface area contributed by atoms with Crippen molar-refractivity contribution in [2.75, 3.05) is 13.7 Å². The molecule has 0 radical (unpaired) electrons. The van der Waals surface area contributed by atoms with E-state index in [9.17, 15) is 0 Å². The second-order valence-corrected chi connectivity index (χ2v) is 5.33. The molecule has 18 heavy (non-hydrogen) atoms. The van der Waals surface area contributed by atoms with Crippen LogP contribution in [-0.4, -0.2) is 25.9 Å². The van der Waals surface area contributed by atoms with E-state index in [0.717, 1.165) is 31.6 Å². The van der Waals surface area contributed by atoms with Gasteiger partial charge in [-0.05, 0) is 32.9 Å². The van der Waals surface area contributed by atoms with Crippen LogP contribution in [0.15, 0.2) is 18.2 Å². The minimum absolute atomic E-state index is 0.195. The molecule has 2 aliphatic rings. The number of ether oxygens (including phenoxy) is 2. The van der Waals surface area contributed by atoms with Crippen molar-refractivity contribution in [1.29, 1.82) is 0 Å². The normalized spacial score (nSPS) is 30.9. The maximum Gasteiger partial charge on any atom is 0.127 e. The highest BCUT2D eigenvalue weighted by molar-refractivity contribution is 5.41. The minimum atomic E-state index is 0.195. The number of nitrogens with one attached hydrogen (secondary N) is 1. The molecule has 1 fully saturated rings. The van der Waals surface area contributed by atoms with E-state index in [1.54, 1.807) is 0 Å². The molecule has 3 rings (SSSR count). The predicted octanol–water partition coefficient (Wildman–Crippen LogP) is 2.59. The van der Waals surface area contributed by atoms with Crippen LogP contribution in [-0.2, 0) is 4.74 Å². The highest BCUT2D eigenvalue weighted by Gasteiger charge is 2.34. The number of fused-ring (bicyclic) bond motifs is 1. The second-order valence-electron chi connectivity index (χ2n) is 5.33. The molecule has 0 bridgehead atoms. The first-order valence-corrected chi connectivity index (χ1v) is 6.84. The van der Waals surface area contributed by atoms with Crippen molar-refractivity contribution in [2.24, 2.45) is 0 Å². The van der Waals surface area contributed by atoms with Gasteiger partial charge >= 0.3 is 0 Å². The van der Waals surface area contributed by atoms with E-state index in [-0.39, 0.29) is 12.2 Å². The Morgan fingerprint density at radius 2 is 2.17 bits per heavy atom. The van der Waals surface area contributed by atoms with Gasteiger partial charge in [0.2, 0.25) is 0 Å². The Morgan fingerprint density at radius 3 is 2.89 bits per heavy atom. The van der Waals surface area contributed by atoms with Crippen LogP contribution in [0.25, 0.3) is 0 Å². The van der Waals surface area contributed by atoms with E-state index in [0.29, 0.717) is 6.04 Å². The van der Waals surface area contributed by atoms with Gasteiger partial charge in [0.1, 0.15) is 11.9 Å². The fourth-order valence-corrected chi connectivity index (χ4v) is 3.01. The molecule has 1 aromatic rings. The van der Waals surface area contributed by atoms with Crippen LogP contribution in [0.1, 0.15) is 36.4 Å². The summed E-state index contributed by atoms with van der Waals surface area (Å²) in [7, 11) is 2.02. The molecule has 1 saturated heterocycles. The van der Waals surface area contributed by atoms with Gasteiger partial charge in [-0.25, -0.2) is 0 Å². The van der Waals surface area contributed by atoms with Crippen LogP contribution >= 0.6 is 0 Å². The summed E-state index contributed by atoms with van der Waals surface area (Å²) in [4.78, 5) is 0. The molecular formula is C15H21NO2. The van der Waals surface area contributed by atoms with Gasteiger partial charge in [0, 0.05) is 24.6 Å². The topological polar surface area (TPSA) is 30.5 Å². The lowest BCUT2D eigenvalue weighted by molar-refractivity contribution is -0.00398. The first-order chi connectivity index (χ1) is 8.78. The maximum absolute atomic E-state index is 6.14. The van der Waals surface area contributed by atoms with Crippen molar-refractivity contribution >= 4 is 0 Å². The van der Waals surface area contributed by atoms with E-state index in [4.69, 9.17) is 9.47 Å². The summed E-state index contributed by atoms with van der Waals surface area (Å²) in [5.74, 6) is 1.02. The molecule has 0 aliphatic carbocycles. The fraction of sp³-hybridized carbons (Fsp3) is 0.600. The van der Waals surface area contributed by atoms with Crippen LogP contribution in [0.3, 0.4) is 0 Å². The SMILES string of the molecule is CNC1CC(C2CCCO2)Oc2ccc(C)cc21. The molecule has 1 N–H and O–H groups in total. The van der Waals surface area contributed by atoms with Crippen molar-refractivity contribution < 1.29 is 9.47 Å². The van der Waals surface area contributed by atoms with Crippen molar-refractivity contribution in [2.45, 2.75) is 44.4 Å². The smallest absolute Gasteiger partial charge is 0.127 e. The quantitative estimate of drug-likeness (QED) is 0.871. The van der Waals surface area contributed by atoms with Gasteiger partial charge in [-0.15, -0.1) is 0 Å². The average Bonchev–Trinajstić information content (AvgIpc) is 2.91. The molecule has 3 atom stereocenters. The lowest BCUT2D eigenvalue weighted by Gasteiger charge is -2.34. The molecule has 0 saturated carbocycles. The molecule has 2 heterocycles. The van der Waals surface area contributed by atoms with Crippen LogP contribution in [0.4, 0.5) is 0 Å². The highest BCUT2D eigenvalue weighted by Crippen LogP contribution is 2.37. The zero-order valence-electron chi connectivity index (χ0n) is 11.1. The largest absolute Gasteiger partial charge is 0.487 e. The monoisotopic (exact) mass is 247 g/mol. The zero-order valence-corrected chi connectivity index (χ0v) is 11.1. The number of hydrogen-bond acceptors (Lipinski definition) is 3. The standard InChI is InChI=1S/C15H21NO2/c1-10-5-6-13-11(8-10)12(16-2)9-15(18-13)14-4-3-7-17-14/h5-6,8,12,14-16H,3-4,7,9H2,1-2H3. The van der Waals surface area contributed by atoms with E-state index in [2.05, 4.69) is 30.4 Å². The zero-order chi connectivity index (χ0) is 12.5. The van der Waals surface area contributed by atoms with Crippen LogP contribution in [0.5, 0.6) is 5.75 Å². The summed E-state index contributed by atoms with van der Waals surface area (Å²) in [6.07, 6.45) is 3.76. The first-order valence-electron chi connectivity index (χ1n) is 6.84. The van der Waals surface area contributed by atoms with Gasteiger partial charge in [-0.2, -0.15) is 0 Å². The summed E-state index contributed by atoms with van der Waals surface area (Å²) in [6.45, 7) is 3.01. The Balaban J connectivity index is 1.86. The molecule has 98 valence electrons. The minimum Gasteiger partial charge on any atom is -0.487 e. The third-order valence-corrected chi connectivity index (χ3v) is 4.02. The van der Waals surface area contributed by atoms with Gasteiger partial charge in [-0.1, -0.05) is 17.7 Å². The molecule has 2 aliphatic heterocycles. The molecule has 0 aromatic heterocycles. The van der Waals surface area contributed by atoms with Crippen LogP contribution < -0.4 is 10.1 Å². The van der Waals surface area contributed by atoms with E-state index in [1.165, 1.54) is 11.1 Å². The number of aryl methyl sites for hydroxylation is 1. The maximum atomic E-state index is 6.14. The van der Waals surface area contributed by atoms with Crippen LogP contribution in [0, 0.1) is 6.92 Å². The summed E-state index contributed by atoms with van der Waals surface area (Å²) < 4.78 is 11.9.